The number of ether oxygens (including phenoxy) is 2. The zero-order valence-electron chi connectivity index (χ0n) is 10.4. The highest BCUT2D eigenvalue weighted by atomic mass is 19.1. The minimum atomic E-state index is -0.667. The Morgan fingerprint density at radius 2 is 2.00 bits per heavy atom. The fourth-order valence-electron chi connectivity index (χ4n) is 1.67. The van der Waals surface area contributed by atoms with Crippen LogP contribution >= 0.6 is 0 Å². The highest BCUT2D eigenvalue weighted by Crippen LogP contribution is 2.40. The smallest absolute Gasteiger partial charge is 0.166 e. The van der Waals surface area contributed by atoms with Gasteiger partial charge in [-0.25, -0.2) is 4.39 Å². The van der Waals surface area contributed by atoms with Crippen LogP contribution < -0.4 is 15.2 Å². The van der Waals surface area contributed by atoms with Crippen LogP contribution in [0.3, 0.4) is 0 Å². The Morgan fingerprint density at radius 1 is 1.35 bits per heavy atom. The van der Waals surface area contributed by atoms with E-state index in [9.17, 15) is 4.39 Å². The largest absolute Gasteiger partial charge is 0.493 e. The van der Waals surface area contributed by atoms with Crippen LogP contribution in [0.25, 0.3) is 0 Å². The molecule has 1 saturated carbocycles. The van der Waals surface area contributed by atoms with Crippen molar-refractivity contribution in [1.82, 2.24) is 0 Å². The molecule has 1 aliphatic carbocycles. The summed E-state index contributed by atoms with van der Waals surface area (Å²) < 4.78 is 24.4. The summed E-state index contributed by atoms with van der Waals surface area (Å²) in [6.45, 7) is 3.64. The van der Waals surface area contributed by atoms with Crippen LogP contribution in [-0.4, -0.2) is 13.2 Å². The monoisotopic (exact) mass is 239 g/mol. The lowest BCUT2D eigenvalue weighted by atomic mass is 9.94. The minimum absolute atomic E-state index is 0.218. The summed E-state index contributed by atoms with van der Waals surface area (Å²) in [6.07, 6.45) is 2.28. The molecule has 0 spiro atoms. The number of methoxy groups -OCH3 is 1. The molecule has 0 atom stereocenters. The van der Waals surface area contributed by atoms with Crippen LogP contribution in [0, 0.1) is 5.82 Å². The fraction of sp³-hybridized carbons (Fsp3) is 0.538. The quantitative estimate of drug-likeness (QED) is 0.878. The maximum Gasteiger partial charge on any atom is 0.166 e. The zero-order valence-corrected chi connectivity index (χ0v) is 10.4. The Labute approximate surface area is 101 Å². The highest BCUT2D eigenvalue weighted by molar-refractivity contribution is 5.50. The van der Waals surface area contributed by atoms with Crippen molar-refractivity contribution in [3.05, 3.63) is 23.5 Å². The van der Waals surface area contributed by atoms with Gasteiger partial charge in [-0.3, -0.25) is 0 Å². The summed E-state index contributed by atoms with van der Waals surface area (Å²) in [6, 6.07) is 2.74. The number of hydrogen-bond acceptors (Lipinski definition) is 3. The predicted octanol–water partition coefficient (Wildman–Crippen LogP) is 2.57. The maximum absolute atomic E-state index is 13.5. The van der Waals surface area contributed by atoms with Crippen molar-refractivity contribution in [2.24, 2.45) is 5.73 Å². The van der Waals surface area contributed by atoms with E-state index in [1.54, 1.807) is 0 Å². The van der Waals surface area contributed by atoms with Gasteiger partial charge in [0.1, 0.15) is 5.82 Å². The molecule has 1 aliphatic rings. The molecule has 4 heteroatoms. The molecule has 0 radical (unpaired) electrons. The van der Waals surface area contributed by atoms with Crippen molar-refractivity contribution < 1.29 is 13.9 Å². The van der Waals surface area contributed by atoms with Gasteiger partial charge in [-0.15, -0.1) is 0 Å². The first kappa shape index (κ1) is 12.2. The summed E-state index contributed by atoms with van der Waals surface area (Å²) in [5.41, 5.74) is 6.02. The molecule has 1 fully saturated rings. The number of rotatable bonds is 4. The van der Waals surface area contributed by atoms with Gasteiger partial charge in [0.15, 0.2) is 11.5 Å². The second-order valence-corrected chi connectivity index (χ2v) is 5.02. The van der Waals surface area contributed by atoms with Gasteiger partial charge in [0.05, 0.1) is 13.2 Å². The van der Waals surface area contributed by atoms with E-state index in [4.69, 9.17) is 15.2 Å². The van der Waals surface area contributed by atoms with Gasteiger partial charge >= 0.3 is 0 Å². The minimum Gasteiger partial charge on any atom is -0.493 e. The van der Waals surface area contributed by atoms with Gasteiger partial charge in [0.2, 0.25) is 0 Å². The molecule has 0 bridgehead atoms. The van der Waals surface area contributed by atoms with Gasteiger partial charge in [0.25, 0.3) is 0 Å². The molecule has 0 unspecified atom stereocenters. The molecule has 0 aliphatic heterocycles. The number of hydrogen-bond donors (Lipinski definition) is 1. The first-order valence-electron chi connectivity index (χ1n) is 5.75. The van der Waals surface area contributed by atoms with Gasteiger partial charge in [-0.2, -0.15) is 0 Å². The van der Waals surface area contributed by atoms with Crippen LogP contribution in [0.2, 0.25) is 0 Å². The van der Waals surface area contributed by atoms with Crippen LogP contribution in [0.15, 0.2) is 12.1 Å². The summed E-state index contributed by atoms with van der Waals surface area (Å²) in [5, 5.41) is 0. The molecule has 1 aromatic carbocycles. The standard InChI is InChI=1S/C13H18FNO2/c1-13(2,15)10-6-8(14)7-11(16-3)12(10)17-9-4-5-9/h6-7,9H,4-5,15H2,1-3H3. The van der Waals surface area contributed by atoms with E-state index in [1.165, 1.54) is 19.2 Å². The first-order chi connectivity index (χ1) is 7.91. The van der Waals surface area contributed by atoms with Crippen molar-refractivity contribution in [2.75, 3.05) is 7.11 Å². The van der Waals surface area contributed by atoms with Crippen molar-refractivity contribution in [1.29, 1.82) is 0 Å². The summed E-state index contributed by atoms with van der Waals surface area (Å²) >= 11 is 0. The third-order valence-electron chi connectivity index (χ3n) is 2.74. The molecular weight excluding hydrogens is 221 g/mol. The zero-order chi connectivity index (χ0) is 12.6. The third kappa shape index (κ3) is 2.69. The van der Waals surface area contributed by atoms with Crippen molar-refractivity contribution in [2.45, 2.75) is 38.3 Å². The van der Waals surface area contributed by atoms with Gasteiger partial charge in [-0.1, -0.05) is 0 Å². The fourth-order valence-corrected chi connectivity index (χ4v) is 1.67. The predicted molar refractivity (Wildman–Crippen MR) is 63.8 cm³/mol. The van der Waals surface area contributed by atoms with Crippen molar-refractivity contribution >= 4 is 0 Å². The lowest BCUT2D eigenvalue weighted by Gasteiger charge is -2.24. The molecule has 3 nitrogen and oxygen atoms in total. The van der Waals surface area contributed by atoms with Crippen LogP contribution in [-0.2, 0) is 5.54 Å². The van der Waals surface area contributed by atoms with Gasteiger partial charge in [0, 0.05) is 17.2 Å². The summed E-state index contributed by atoms with van der Waals surface area (Å²) in [4.78, 5) is 0. The van der Waals surface area contributed by atoms with E-state index in [-0.39, 0.29) is 11.9 Å². The molecule has 2 N–H and O–H groups in total. The van der Waals surface area contributed by atoms with E-state index in [0.717, 1.165) is 12.8 Å². The van der Waals surface area contributed by atoms with E-state index >= 15 is 0 Å². The van der Waals surface area contributed by atoms with Gasteiger partial charge < -0.3 is 15.2 Å². The van der Waals surface area contributed by atoms with E-state index in [0.29, 0.717) is 17.1 Å². The Morgan fingerprint density at radius 3 is 2.47 bits per heavy atom. The Balaban J connectivity index is 2.48. The average Bonchev–Trinajstić information content (AvgIpc) is 3.02. The van der Waals surface area contributed by atoms with Crippen molar-refractivity contribution in [3.63, 3.8) is 0 Å². The number of halogens is 1. The maximum atomic E-state index is 13.5. The molecule has 0 heterocycles. The normalized spacial score (nSPS) is 15.8. The molecule has 2 rings (SSSR count). The van der Waals surface area contributed by atoms with E-state index < -0.39 is 5.54 Å². The molecular formula is C13H18FNO2. The Bertz CT molecular complexity index is 422. The first-order valence-corrected chi connectivity index (χ1v) is 5.75. The molecule has 1 aromatic rings. The summed E-state index contributed by atoms with van der Waals surface area (Å²) in [7, 11) is 1.50. The van der Waals surface area contributed by atoms with Crippen LogP contribution in [0.4, 0.5) is 4.39 Å². The molecule has 0 saturated heterocycles. The Kier molecular flexibility index (Phi) is 3.00. The Hall–Kier alpha value is -1.29. The third-order valence-corrected chi connectivity index (χ3v) is 2.74. The topological polar surface area (TPSA) is 44.5 Å². The second-order valence-electron chi connectivity index (χ2n) is 5.02. The van der Waals surface area contributed by atoms with Crippen molar-refractivity contribution in [3.8, 4) is 11.5 Å². The number of benzene rings is 1. The second kappa shape index (κ2) is 4.18. The lowest BCUT2D eigenvalue weighted by molar-refractivity contribution is 0.272. The molecule has 0 aromatic heterocycles. The summed E-state index contributed by atoms with van der Waals surface area (Å²) in [5.74, 6) is 0.618. The lowest BCUT2D eigenvalue weighted by Crippen LogP contribution is -2.29. The number of nitrogens with two attached hydrogens (primary N) is 1. The van der Waals surface area contributed by atoms with E-state index in [2.05, 4.69) is 0 Å². The molecule has 17 heavy (non-hydrogen) atoms. The van der Waals surface area contributed by atoms with Crippen LogP contribution in [0.5, 0.6) is 11.5 Å². The van der Waals surface area contributed by atoms with E-state index in [1.807, 2.05) is 13.8 Å². The average molecular weight is 239 g/mol. The molecule has 94 valence electrons. The van der Waals surface area contributed by atoms with Gasteiger partial charge in [-0.05, 0) is 32.8 Å². The molecule has 0 amide bonds. The SMILES string of the molecule is COc1cc(F)cc(C(C)(C)N)c1OC1CC1. The highest BCUT2D eigenvalue weighted by Gasteiger charge is 2.30. The van der Waals surface area contributed by atoms with Crippen LogP contribution in [0.1, 0.15) is 32.3 Å².